The fourth-order valence-electron chi connectivity index (χ4n) is 2.74. The van der Waals surface area contributed by atoms with Crippen molar-refractivity contribution in [1.82, 2.24) is 15.5 Å². The van der Waals surface area contributed by atoms with Crippen LogP contribution < -0.4 is 10.6 Å². The standard InChI is InChI=1S/C14H19N3O3S.ClH/c18-12(8-10-9-20-6-4-15-10)17-5-3-16-14(19)13(17)11-2-1-7-21-11;/h1-2,7,10,13,15H,3-6,8-9H2,(H,16,19);1H. The van der Waals surface area contributed by atoms with Crippen LogP contribution in [0.3, 0.4) is 0 Å². The third-order valence-corrected chi connectivity index (χ3v) is 4.69. The zero-order valence-corrected chi connectivity index (χ0v) is 13.8. The van der Waals surface area contributed by atoms with Gasteiger partial charge in [-0.15, -0.1) is 23.7 Å². The second kappa shape index (κ2) is 7.92. The number of piperazine rings is 1. The fraction of sp³-hybridized carbons (Fsp3) is 0.571. The normalized spacial score (nSPS) is 25.3. The maximum Gasteiger partial charge on any atom is 0.248 e. The number of amides is 2. The first-order valence-electron chi connectivity index (χ1n) is 7.17. The Labute approximate surface area is 139 Å². The van der Waals surface area contributed by atoms with E-state index in [2.05, 4.69) is 10.6 Å². The minimum atomic E-state index is -0.490. The average Bonchev–Trinajstić information content (AvgIpc) is 3.02. The molecule has 2 atom stereocenters. The summed E-state index contributed by atoms with van der Waals surface area (Å²) in [6.07, 6.45) is 0.370. The number of carbonyl (C=O) groups excluding carboxylic acids is 2. The highest BCUT2D eigenvalue weighted by Gasteiger charge is 2.35. The van der Waals surface area contributed by atoms with E-state index in [1.165, 1.54) is 11.3 Å². The Bertz CT molecular complexity index is 505. The van der Waals surface area contributed by atoms with Crippen LogP contribution in [0.5, 0.6) is 0 Å². The molecule has 3 heterocycles. The molecule has 1 aromatic heterocycles. The molecular formula is C14H20ClN3O3S. The molecule has 0 bridgehead atoms. The summed E-state index contributed by atoms with van der Waals surface area (Å²) in [7, 11) is 0. The summed E-state index contributed by atoms with van der Waals surface area (Å²) in [5.74, 6) is -0.0869. The number of thiophene rings is 1. The molecule has 0 saturated carbocycles. The van der Waals surface area contributed by atoms with Gasteiger partial charge >= 0.3 is 0 Å². The van der Waals surface area contributed by atoms with Crippen molar-refractivity contribution >= 4 is 35.6 Å². The van der Waals surface area contributed by atoms with Crippen LogP contribution in [-0.2, 0) is 14.3 Å². The molecule has 2 unspecified atom stereocenters. The molecule has 2 amide bonds. The molecule has 2 N–H and O–H groups in total. The highest BCUT2D eigenvalue weighted by Crippen LogP contribution is 2.27. The Morgan fingerprint density at radius 1 is 1.45 bits per heavy atom. The molecule has 6 nitrogen and oxygen atoms in total. The van der Waals surface area contributed by atoms with Crippen molar-refractivity contribution < 1.29 is 14.3 Å². The number of rotatable bonds is 3. The van der Waals surface area contributed by atoms with Crippen molar-refractivity contribution in [2.75, 3.05) is 32.8 Å². The number of morpholine rings is 1. The van der Waals surface area contributed by atoms with Crippen molar-refractivity contribution in [3.8, 4) is 0 Å². The van der Waals surface area contributed by atoms with E-state index < -0.39 is 6.04 Å². The van der Waals surface area contributed by atoms with Crippen LogP contribution in [0.15, 0.2) is 17.5 Å². The molecule has 0 aliphatic carbocycles. The van der Waals surface area contributed by atoms with Crippen LogP contribution in [0.1, 0.15) is 17.3 Å². The third kappa shape index (κ3) is 3.78. The lowest BCUT2D eigenvalue weighted by Gasteiger charge is -2.35. The molecule has 1 aromatic rings. The van der Waals surface area contributed by atoms with Gasteiger partial charge in [0.2, 0.25) is 11.8 Å². The van der Waals surface area contributed by atoms with Gasteiger partial charge < -0.3 is 20.3 Å². The maximum absolute atomic E-state index is 12.6. The molecule has 2 fully saturated rings. The van der Waals surface area contributed by atoms with Gasteiger partial charge in [-0.3, -0.25) is 9.59 Å². The number of ether oxygens (including phenoxy) is 1. The van der Waals surface area contributed by atoms with Crippen LogP contribution >= 0.6 is 23.7 Å². The maximum atomic E-state index is 12.6. The summed E-state index contributed by atoms with van der Waals surface area (Å²) >= 11 is 1.51. The van der Waals surface area contributed by atoms with Crippen LogP contribution in [0.2, 0.25) is 0 Å². The zero-order valence-electron chi connectivity index (χ0n) is 12.1. The predicted molar refractivity (Wildman–Crippen MR) is 86.3 cm³/mol. The van der Waals surface area contributed by atoms with Gasteiger partial charge in [-0.1, -0.05) is 6.07 Å². The van der Waals surface area contributed by atoms with E-state index in [0.29, 0.717) is 32.7 Å². The summed E-state index contributed by atoms with van der Waals surface area (Å²) in [4.78, 5) is 27.3. The number of halogens is 1. The number of nitrogens with zero attached hydrogens (tertiary/aromatic N) is 1. The molecule has 0 aromatic carbocycles. The smallest absolute Gasteiger partial charge is 0.248 e. The fourth-order valence-corrected chi connectivity index (χ4v) is 3.58. The lowest BCUT2D eigenvalue weighted by atomic mass is 10.1. The predicted octanol–water partition coefficient (Wildman–Crippen LogP) is 0.548. The van der Waals surface area contributed by atoms with Gasteiger partial charge in [0.15, 0.2) is 0 Å². The molecule has 122 valence electrons. The van der Waals surface area contributed by atoms with Crippen molar-refractivity contribution in [3.63, 3.8) is 0 Å². The van der Waals surface area contributed by atoms with Crippen molar-refractivity contribution in [2.45, 2.75) is 18.5 Å². The molecular weight excluding hydrogens is 326 g/mol. The third-order valence-electron chi connectivity index (χ3n) is 3.76. The monoisotopic (exact) mass is 345 g/mol. The van der Waals surface area contributed by atoms with Crippen LogP contribution in [0, 0.1) is 0 Å². The topological polar surface area (TPSA) is 70.7 Å². The summed E-state index contributed by atoms with van der Waals surface area (Å²) in [5, 5.41) is 8.05. The van der Waals surface area contributed by atoms with Gasteiger partial charge in [-0.2, -0.15) is 0 Å². The van der Waals surface area contributed by atoms with Gasteiger partial charge in [0.25, 0.3) is 0 Å². The van der Waals surface area contributed by atoms with E-state index >= 15 is 0 Å². The summed E-state index contributed by atoms with van der Waals surface area (Å²) in [5.41, 5.74) is 0. The van der Waals surface area contributed by atoms with Gasteiger partial charge in [-0.25, -0.2) is 0 Å². The number of nitrogens with one attached hydrogen (secondary N) is 2. The Morgan fingerprint density at radius 2 is 2.32 bits per heavy atom. The molecule has 8 heteroatoms. The summed E-state index contributed by atoms with van der Waals surface area (Å²) in [6, 6.07) is 3.36. The molecule has 3 rings (SSSR count). The van der Waals surface area contributed by atoms with Gasteiger partial charge in [0.05, 0.1) is 13.2 Å². The van der Waals surface area contributed by atoms with Crippen molar-refractivity contribution in [1.29, 1.82) is 0 Å². The Balaban J connectivity index is 0.00000176. The second-order valence-corrected chi connectivity index (χ2v) is 6.21. The molecule has 2 aliphatic heterocycles. The first-order valence-corrected chi connectivity index (χ1v) is 8.05. The average molecular weight is 346 g/mol. The number of carbonyl (C=O) groups is 2. The van der Waals surface area contributed by atoms with E-state index in [1.807, 2.05) is 17.5 Å². The quantitative estimate of drug-likeness (QED) is 0.839. The molecule has 2 saturated heterocycles. The summed E-state index contributed by atoms with van der Waals surface area (Å²) < 4.78 is 5.38. The highest BCUT2D eigenvalue weighted by molar-refractivity contribution is 7.10. The van der Waals surface area contributed by atoms with E-state index in [0.717, 1.165) is 11.4 Å². The molecule has 0 spiro atoms. The van der Waals surface area contributed by atoms with E-state index in [1.54, 1.807) is 4.90 Å². The van der Waals surface area contributed by atoms with Crippen LogP contribution in [-0.4, -0.2) is 55.6 Å². The van der Waals surface area contributed by atoms with E-state index in [9.17, 15) is 9.59 Å². The summed E-state index contributed by atoms with van der Waals surface area (Å²) in [6.45, 7) is 3.08. The largest absolute Gasteiger partial charge is 0.378 e. The van der Waals surface area contributed by atoms with Crippen molar-refractivity contribution in [3.05, 3.63) is 22.4 Å². The number of hydrogen-bond acceptors (Lipinski definition) is 5. The molecule has 0 radical (unpaired) electrons. The zero-order chi connectivity index (χ0) is 14.7. The lowest BCUT2D eigenvalue weighted by molar-refractivity contribution is -0.144. The van der Waals surface area contributed by atoms with Gasteiger partial charge in [0.1, 0.15) is 6.04 Å². The van der Waals surface area contributed by atoms with Gasteiger partial charge in [0, 0.05) is 37.0 Å². The van der Waals surface area contributed by atoms with E-state index in [4.69, 9.17) is 4.74 Å². The first-order chi connectivity index (χ1) is 10.3. The van der Waals surface area contributed by atoms with E-state index in [-0.39, 0.29) is 30.3 Å². The lowest BCUT2D eigenvalue weighted by Crippen LogP contribution is -2.53. The van der Waals surface area contributed by atoms with Crippen LogP contribution in [0.4, 0.5) is 0 Å². The Kier molecular flexibility index (Phi) is 6.19. The number of hydrogen-bond donors (Lipinski definition) is 2. The Hall–Kier alpha value is -1.15. The highest BCUT2D eigenvalue weighted by atomic mass is 35.5. The minimum Gasteiger partial charge on any atom is -0.378 e. The second-order valence-electron chi connectivity index (χ2n) is 5.23. The van der Waals surface area contributed by atoms with Crippen LogP contribution in [0.25, 0.3) is 0 Å². The minimum absolute atomic E-state index is 0. The molecule has 2 aliphatic rings. The SMILES string of the molecule is Cl.O=C1NCCN(C(=O)CC2COCCN2)C1c1cccs1. The van der Waals surface area contributed by atoms with Gasteiger partial charge in [-0.05, 0) is 11.4 Å². The first kappa shape index (κ1) is 17.2. The van der Waals surface area contributed by atoms with Crippen molar-refractivity contribution in [2.24, 2.45) is 0 Å². The Morgan fingerprint density at radius 3 is 3.00 bits per heavy atom. The molecule has 22 heavy (non-hydrogen) atoms.